The molecule has 0 N–H and O–H groups in total. The monoisotopic (exact) mass is 462 g/mol. The van der Waals surface area contributed by atoms with Gasteiger partial charge in [-0.25, -0.2) is 4.98 Å². The van der Waals surface area contributed by atoms with E-state index in [9.17, 15) is 4.79 Å². The predicted octanol–water partition coefficient (Wildman–Crippen LogP) is 6.65. The van der Waals surface area contributed by atoms with E-state index in [4.69, 9.17) is 9.40 Å². The fourth-order valence-corrected chi connectivity index (χ4v) is 4.78. The Morgan fingerprint density at radius 3 is 2.69 bits per heavy atom. The maximum Gasteiger partial charge on any atom is 0.260 e. The van der Waals surface area contributed by atoms with Gasteiger partial charge in [-0.05, 0) is 53.2 Å². The second-order valence-corrected chi connectivity index (χ2v) is 8.57. The third-order valence-corrected chi connectivity index (χ3v) is 6.24. The summed E-state index contributed by atoms with van der Waals surface area (Å²) in [7, 11) is 0. The zero-order valence-corrected chi connectivity index (χ0v) is 17.6. The van der Waals surface area contributed by atoms with Crippen LogP contribution in [0.1, 0.15) is 16.1 Å². The number of carbonyl (C=O) groups is 1. The van der Waals surface area contributed by atoms with Crippen LogP contribution < -0.4 is 4.90 Å². The first-order chi connectivity index (χ1) is 14.2. The summed E-state index contributed by atoms with van der Waals surface area (Å²) >= 11 is 4.99. The highest BCUT2D eigenvalue weighted by Gasteiger charge is 2.23. The third kappa shape index (κ3) is 3.57. The van der Waals surface area contributed by atoms with Gasteiger partial charge in [0.1, 0.15) is 5.76 Å². The van der Waals surface area contributed by atoms with Crippen LogP contribution in [-0.4, -0.2) is 10.9 Å². The SMILES string of the molecule is O=C(c1ccc2ccccc2c1)N(Cc1ccco1)c1nc2ccc(Br)cc2s1. The van der Waals surface area contributed by atoms with Crippen molar-refractivity contribution in [1.82, 2.24) is 4.98 Å². The first-order valence-electron chi connectivity index (χ1n) is 9.06. The predicted molar refractivity (Wildman–Crippen MR) is 120 cm³/mol. The van der Waals surface area contributed by atoms with Crippen molar-refractivity contribution < 1.29 is 9.21 Å². The zero-order valence-electron chi connectivity index (χ0n) is 15.2. The van der Waals surface area contributed by atoms with Crippen LogP contribution in [0.3, 0.4) is 0 Å². The molecule has 0 aliphatic rings. The standard InChI is InChI=1S/C23H15BrN2O2S/c24-18-9-10-20-21(13-18)29-23(25-20)26(14-19-6-3-11-28-19)22(27)17-8-7-15-4-1-2-5-16(15)12-17/h1-13H,14H2. The number of benzene rings is 3. The van der Waals surface area contributed by atoms with E-state index in [1.54, 1.807) is 11.2 Å². The number of anilines is 1. The van der Waals surface area contributed by atoms with Gasteiger partial charge < -0.3 is 4.42 Å². The largest absolute Gasteiger partial charge is 0.467 e. The van der Waals surface area contributed by atoms with E-state index < -0.39 is 0 Å². The van der Waals surface area contributed by atoms with E-state index in [1.165, 1.54) is 11.3 Å². The number of furan rings is 1. The van der Waals surface area contributed by atoms with Gasteiger partial charge >= 0.3 is 0 Å². The van der Waals surface area contributed by atoms with Gasteiger partial charge in [0.2, 0.25) is 0 Å². The van der Waals surface area contributed by atoms with Crippen LogP contribution in [0.15, 0.2) is 87.9 Å². The quantitative estimate of drug-likeness (QED) is 0.300. The molecule has 0 radical (unpaired) electrons. The van der Waals surface area contributed by atoms with Crippen molar-refractivity contribution in [3.05, 3.63) is 94.9 Å². The Hall–Kier alpha value is -2.96. The van der Waals surface area contributed by atoms with Crippen molar-refractivity contribution in [3.8, 4) is 0 Å². The van der Waals surface area contributed by atoms with Crippen molar-refractivity contribution in [1.29, 1.82) is 0 Å². The molecule has 0 unspecified atom stereocenters. The Bertz CT molecular complexity index is 1330. The van der Waals surface area contributed by atoms with Gasteiger partial charge in [-0.1, -0.05) is 57.6 Å². The molecule has 2 aromatic heterocycles. The van der Waals surface area contributed by atoms with E-state index in [2.05, 4.69) is 15.9 Å². The molecule has 142 valence electrons. The molecule has 3 aromatic carbocycles. The van der Waals surface area contributed by atoms with Crippen molar-refractivity contribution in [2.45, 2.75) is 6.54 Å². The van der Waals surface area contributed by atoms with Gasteiger partial charge in [0.15, 0.2) is 5.13 Å². The highest BCUT2D eigenvalue weighted by molar-refractivity contribution is 9.10. The molecule has 2 heterocycles. The van der Waals surface area contributed by atoms with Crippen molar-refractivity contribution in [3.63, 3.8) is 0 Å². The Kier molecular flexibility index (Phi) is 4.66. The Morgan fingerprint density at radius 2 is 1.86 bits per heavy atom. The minimum absolute atomic E-state index is 0.106. The number of nitrogens with zero attached hydrogens (tertiary/aromatic N) is 2. The summed E-state index contributed by atoms with van der Waals surface area (Å²) in [4.78, 5) is 19.9. The Labute approximate surface area is 179 Å². The average molecular weight is 463 g/mol. The summed E-state index contributed by atoms with van der Waals surface area (Å²) < 4.78 is 7.51. The number of carbonyl (C=O) groups excluding carboxylic acids is 1. The molecular formula is C23H15BrN2O2S. The van der Waals surface area contributed by atoms with Gasteiger partial charge in [-0.3, -0.25) is 9.69 Å². The van der Waals surface area contributed by atoms with Crippen LogP contribution in [0.2, 0.25) is 0 Å². The van der Waals surface area contributed by atoms with Crippen LogP contribution in [0.5, 0.6) is 0 Å². The summed E-state index contributed by atoms with van der Waals surface area (Å²) in [6.45, 7) is 0.319. The van der Waals surface area contributed by atoms with E-state index in [0.717, 1.165) is 25.5 Å². The molecule has 0 fully saturated rings. The fraction of sp³-hybridized carbons (Fsp3) is 0.0435. The molecule has 1 amide bonds. The molecule has 0 saturated heterocycles. The van der Waals surface area contributed by atoms with Gasteiger partial charge in [0.05, 0.1) is 23.0 Å². The van der Waals surface area contributed by atoms with E-state index in [0.29, 0.717) is 23.0 Å². The second-order valence-electron chi connectivity index (χ2n) is 6.64. The second kappa shape index (κ2) is 7.46. The first-order valence-corrected chi connectivity index (χ1v) is 10.7. The molecule has 6 heteroatoms. The fourth-order valence-electron chi connectivity index (χ4n) is 3.26. The highest BCUT2D eigenvalue weighted by atomic mass is 79.9. The summed E-state index contributed by atoms with van der Waals surface area (Å²) in [6, 6.07) is 23.4. The smallest absolute Gasteiger partial charge is 0.260 e. The zero-order chi connectivity index (χ0) is 19.8. The van der Waals surface area contributed by atoms with E-state index >= 15 is 0 Å². The lowest BCUT2D eigenvalue weighted by molar-refractivity contribution is 0.0983. The van der Waals surface area contributed by atoms with Crippen molar-refractivity contribution in [2.24, 2.45) is 0 Å². The number of fused-ring (bicyclic) bond motifs is 2. The molecule has 0 bridgehead atoms. The maximum atomic E-state index is 13.5. The first kappa shape index (κ1) is 18.1. The Morgan fingerprint density at radius 1 is 1.00 bits per heavy atom. The average Bonchev–Trinajstić information content (AvgIpc) is 3.40. The molecule has 0 spiro atoms. The molecule has 0 aliphatic heterocycles. The highest BCUT2D eigenvalue weighted by Crippen LogP contribution is 2.33. The molecular weight excluding hydrogens is 448 g/mol. The summed E-state index contributed by atoms with van der Waals surface area (Å²) in [6.07, 6.45) is 1.61. The molecule has 0 atom stereocenters. The molecule has 5 rings (SSSR count). The van der Waals surface area contributed by atoms with Crippen LogP contribution in [-0.2, 0) is 6.54 Å². The van der Waals surface area contributed by atoms with Crippen LogP contribution in [0.25, 0.3) is 21.0 Å². The topological polar surface area (TPSA) is 46.3 Å². The van der Waals surface area contributed by atoms with E-state index in [-0.39, 0.29) is 5.91 Å². The minimum atomic E-state index is -0.106. The lowest BCUT2D eigenvalue weighted by atomic mass is 10.1. The number of rotatable bonds is 4. The van der Waals surface area contributed by atoms with Crippen LogP contribution in [0.4, 0.5) is 5.13 Å². The van der Waals surface area contributed by atoms with Gasteiger partial charge in [0, 0.05) is 10.0 Å². The number of hydrogen-bond acceptors (Lipinski definition) is 4. The lowest BCUT2D eigenvalue weighted by Crippen LogP contribution is -2.30. The lowest BCUT2D eigenvalue weighted by Gasteiger charge is -2.19. The van der Waals surface area contributed by atoms with Gasteiger partial charge in [0.25, 0.3) is 5.91 Å². The molecule has 4 nitrogen and oxygen atoms in total. The molecule has 5 aromatic rings. The van der Waals surface area contributed by atoms with Crippen LogP contribution in [0, 0.1) is 0 Å². The summed E-state index contributed by atoms with van der Waals surface area (Å²) in [5, 5.41) is 2.78. The number of amides is 1. The summed E-state index contributed by atoms with van der Waals surface area (Å²) in [5.74, 6) is 0.602. The maximum absolute atomic E-state index is 13.5. The minimum Gasteiger partial charge on any atom is -0.467 e. The van der Waals surface area contributed by atoms with Gasteiger partial charge in [-0.2, -0.15) is 0 Å². The number of hydrogen-bond donors (Lipinski definition) is 0. The van der Waals surface area contributed by atoms with Crippen molar-refractivity contribution in [2.75, 3.05) is 4.90 Å². The molecule has 0 saturated carbocycles. The van der Waals surface area contributed by atoms with E-state index in [1.807, 2.05) is 72.8 Å². The number of aromatic nitrogens is 1. The summed E-state index contributed by atoms with van der Waals surface area (Å²) in [5.41, 5.74) is 1.49. The number of halogens is 1. The Balaban J connectivity index is 1.58. The number of thiazole rings is 1. The van der Waals surface area contributed by atoms with Crippen LogP contribution >= 0.6 is 27.3 Å². The van der Waals surface area contributed by atoms with Crippen molar-refractivity contribution >= 4 is 59.3 Å². The normalized spacial score (nSPS) is 11.2. The molecule has 0 aliphatic carbocycles. The van der Waals surface area contributed by atoms with Gasteiger partial charge in [-0.15, -0.1) is 0 Å². The molecule has 29 heavy (non-hydrogen) atoms. The third-order valence-electron chi connectivity index (χ3n) is 4.71.